The van der Waals surface area contributed by atoms with Crippen LogP contribution in [0.2, 0.25) is 0 Å². The average molecular weight is 417 g/mol. The molecule has 0 atom stereocenters. The van der Waals surface area contributed by atoms with E-state index in [4.69, 9.17) is 9.47 Å². The van der Waals surface area contributed by atoms with E-state index in [1.54, 1.807) is 48.5 Å². The Balaban J connectivity index is 1.45. The first-order valence-corrected chi connectivity index (χ1v) is 9.78. The third kappa shape index (κ3) is 7.01. The van der Waals surface area contributed by atoms with Crippen LogP contribution >= 0.6 is 0 Å². The van der Waals surface area contributed by atoms with Gasteiger partial charge in [-0.25, -0.2) is 5.43 Å². The lowest BCUT2D eigenvalue weighted by atomic mass is 10.2. The molecule has 0 aliphatic heterocycles. The second-order valence-corrected chi connectivity index (χ2v) is 6.45. The standard InChI is InChI=1S/C24H23N3O4/c1-2-30-21-12-8-18(9-13-21)16-25-27-24(29)23(28)26-20-10-14-22(15-11-20)31-17-19-6-4-3-5-7-19/h3-16H,2,17H2,1H3,(H,26,28)(H,27,29)/b25-16-. The summed E-state index contributed by atoms with van der Waals surface area (Å²) < 4.78 is 11.1. The van der Waals surface area contributed by atoms with E-state index >= 15 is 0 Å². The van der Waals surface area contributed by atoms with E-state index < -0.39 is 11.8 Å². The van der Waals surface area contributed by atoms with Crippen molar-refractivity contribution in [2.75, 3.05) is 11.9 Å². The smallest absolute Gasteiger partial charge is 0.329 e. The van der Waals surface area contributed by atoms with Gasteiger partial charge in [0.25, 0.3) is 0 Å². The summed E-state index contributed by atoms with van der Waals surface area (Å²) >= 11 is 0. The summed E-state index contributed by atoms with van der Waals surface area (Å²) in [6.45, 7) is 2.94. The number of amides is 2. The van der Waals surface area contributed by atoms with Gasteiger partial charge in [-0.1, -0.05) is 30.3 Å². The van der Waals surface area contributed by atoms with Crippen molar-refractivity contribution in [1.82, 2.24) is 5.43 Å². The lowest BCUT2D eigenvalue weighted by Crippen LogP contribution is -2.32. The first-order valence-electron chi connectivity index (χ1n) is 9.78. The van der Waals surface area contributed by atoms with Crippen LogP contribution in [0.15, 0.2) is 84.0 Å². The summed E-state index contributed by atoms with van der Waals surface area (Å²) in [5, 5.41) is 6.32. The Morgan fingerprint density at radius 2 is 1.48 bits per heavy atom. The fourth-order valence-electron chi connectivity index (χ4n) is 2.60. The molecule has 0 aliphatic carbocycles. The lowest BCUT2D eigenvalue weighted by Gasteiger charge is -2.08. The number of carbonyl (C=O) groups is 2. The van der Waals surface area contributed by atoms with Gasteiger partial charge in [-0.15, -0.1) is 0 Å². The normalized spacial score (nSPS) is 10.5. The molecule has 7 heteroatoms. The molecule has 0 spiro atoms. The topological polar surface area (TPSA) is 89.0 Å². The van der Waals surface area contributed by atoms with Gasteiger partial charge in [-0.3, -0.25) is 9.59 Å². The highest BCUT2D eigenvalue weighted by atomic mass is 16.5. The first kappa shape index (κ1) is 21.6. The maximum atomic E-state index is 12.0. The zero-order valence-electron chi connectivity index (χ0n) is 17.1. The molecule has 0 saturated heterocycles. The van der Waals surface area contributed by atoms with Gasteiger partial charge in [0, 0.05) is 5.69 Å². The monoisotopic (exact) mass is 417 g/mol. The van der Waals surface area contributed by atoms with Gasteiger partial charge < -0.3 is 14.8 Å². The maximum Gasteiger partial charge on any atom is 0.329 e. The number of ether oxygens (including phenoxy) is 2. The van der Waals surface area contributed by atoms with Crippen LogP contribution in [0.4, 0.5) is 5.69 Å². The van der Waals surface area contributed by atoms with Crippen LogP contribution in [0.5, 0.6) is 11.5 Å². The van der Waals surface area contributed by atoms with E-state index in [2.05, 4.69) is 15.8 Å². The lowest BCUT2D eigenvalue weighted by molar-refractivity contribution is -0.136. The SMILES string of the molecule is CCOc1ccc(/C=N\NC(=O)C(=O)Nc2ccc(OCc3ccccc3)cc2)cc1. The van der Waals surface area contributed by atoms with Gasteiger partial charge in [-0.2, -0.15) is 5.10 Å². The van der Waals surface area contributed by atoms with Gasteiger partial charge in [0.1, 0.15) is 18.1 Å². The van der Waals surface area contributed by atoms with Crippen molar-refractivity contribution in [3.05, 3.63) is 90.0 Å². The zero-order chi connectivity index (χ0) is 21.9. The van der Waals surface area contributed by atoms with Crippen molar-refractivity contribution >= 4 is 23.7 Å². The molecular weight excluding hydrogens is 394 g/mol. The molecule has 2 amide bonds. The van der Waals surface area contributed by atoms with Gasteiger partial charge in [0.15, 0.2) is 0 Å². The molecule has 3 aromatic rings. The number of hydrogen-bond donors (Lipinski definition) is 2. The predicted octanol–water partition coefficient (Wildman–Crippen LogP) is 3.75. The predicted molar refractivity (Wildman–Crippen MR) is 119 cm³/mol. The van der Waals surface area contributed by atoms with Gasteiger partial charge in [-0.05, 0) is 66.6 Å². The van der Waals surface area contributed by atoms with E-state index in [-0.39, 0.29) is 0 Å². The number of hydrazone groups is 1. The van der Waals surface area contributed by atoms with Crippen molar-refractivity contribution in [2.24, 2.45) is 5.10 Å². The van der Waals surface area contributed by atoms with E-state index in [9.17, 15) is 9.59 Å². The number of nitrogens with zero attached hydrogens (tertiary/aromatic N) is 1. The summed E-state index contributed by atoms with van der Waals surface area (Å²) in [7, 11) is 0. The van der Waals surface area contributed by atoms with Crippen LogP contribution in [0.3, 0.4) is 0 Å². The Kier molecular flexibility index (Phi) is 7.77. The van der Waals surface area contributed by atoms with Crippen LogP contribution < -0.4 is 20.2 Å². The van der Waals surface area contributed by atoms with Gasteiger partial charge >= 0.3 is 11.8 Å². The fraction of sp³-hybridized carbons (Fsp3) is 0.125. The quantitative estimate of drug-likeness (QED) is 0.332. The molecule has 0 heterocycles. The highest BCUT2D eigenvalue weighted by molar-refractivity contribution is 6.39. The van der Waals surface area contributed by atoms with Crippen molar-refractivity contribution in [1.29, 1.82) is 0 Å². The van der Waals surface area contributed by atoms with E-state index in [1.165, 1.54) is 6.21 Å². The Labute approximate surface area is 180 Å². The molecule has 0 aliphatic rings. The fourth-order valence-corrected chi connectivity index (χ4v) is 2.60. The molecule has 3 rings (SSSR count). The maximum absolute atomic E-state index is 12.0. The minimum atomic E-state index is -0.869. The van der Waals surface area contributed by atoms with E-state index in [1.807, 2.05) is 37.3 Å². The molecule has 7 nitrogen and oxygen atoms in total. The van der Waals surface area contributed by atoms with Gasteiger partial charge in [0.2, 0.25) is 0 Å². The molecule has 0 bridgehead atoms. The van der Waals surface area contributed by atoms with Crippen molar-refractivity contribution in [2.45, 2.75) is 13.5 Å². The highest BCUT2D eigenvalue weighted by Crippen LogP contribution is 2.17. The zero-order valence-corrected chi connectivity index (χ0v) is 17.1. The number of carbonyl (C=O) groups excluding carboxylic acids is 2. The largest absolute Gasteiger partial charge is 0.494 e. The molecule has 2 N–H and O–H groups in total. The van der Waals surface area contributed by atoms with Crippen LogP contribution in [0, 0.1) is 0 Å². The number of rotatable bonds is 8. The molecule has 31 heavy (non-hydrogen) atoms. The van der Waals surface area contributed by atoms with Crippen LogP contribution in [-0.2, 0) is 16.2 Å². The average Bonchev–Trinajstić information content (AvgIpc) is 2.80. The van der Waals surface area contributed by atoms with Crippen molar-refractivity contribution < 1.29 is 19.1 Å². The summed E-state index contributed by atoms with van der Waals surface area (Å²) in [5.41, 5.74) is 4.50. The Bertz CT molecular complexity index is 1020. The number of hydrogen-bond acceptors (Lipinski definition) is 5. The molecule has 0 aromatic heterocycles. The summed E-state index contributed by atoms with van der Waals surface area (Å²) in [6.07, 6.45) is 1.44. The minimum Gasteiger partial charge on any atom is -0.494 e. The van der Waals surface area contributed by atoms with Gasteiger partial charge in [0.05, 0.1) is 12.8 Å². The van der Waals surface area contributed by atoms with Crippen molar-refractivity contribution in [3.63, 3.8) is 0 Å². The molecule has 158 valence electrons. The third-order valence-electron chi connectivity index (χ3n) is 4.14. The number of benzene rings is 3. The first-order chi connectivity index (χ1) is 15.1. The molecule has 0 unspecified atom stereocenters. The molecule has 3 aromatic carbocycles. The van der Waals surface area contributed by atoms with E-state index in [0.717, 1.165) is 16.9 Å². The van der Waals surface area contributed by atoms with Crippen LogP contribution in [0.25, 0.3) is 0 Å². The number of nitrogens with one attached hydrogen (secondary N) is 2. The van der Waals surface area contributed by atoms with Crippen LogP contribution in [-0.4, -0.2) is 24.6 Å². The Hall–Kier alpha value is -4.13. The second kappa shape index (κ2) is 11.2. The summed E-state index contributed by atoms with van der Waals surface area (Å²) in [6, 6.07) is 23.8. The minimum absolute atomic E-state index is 0.446. The van der Waals surface area contributed by atoms with Crippen molar-refractivity contribution in [3.8, 4) is 11.5 Å². The summed E-state index contributed by atoms with van der Waals surface area (Å²) in [5.74, 6) is -0.279. The van der Waals surface area contributed by atoms with Crippen LogP contribution in [0.1, 0.15) is 18.1 Å². The third-order valence-corrected chi connectivity index (χ3v) is 4.14. The molecule has 0 radical (unpaired) electrons. The number of anilines is 1. The Morgan fingerprint density at radius 3 is 2.16 bits per heavy atom. The van der Waals surface area contributed by atoms with E-state index in [0.29, 0.717) is 24.7 Å². The molecule has 0 saturated carbocycles. The summed E-state index contributed by atoms with van der Waals surface area (Å²) in [4.78, 5) is 23.9. The molecular formula is C24H23N3O4. The highest BCUT2D eigenvalue weighted by Gasteiger charge is 2.12. The second-order valence-electron chi connectivity index (χ2n) is 6.45. The molecule has 0 fully saturated rings. The Morgan fingerprint density at radius 1 is 0.839 bits per heavy atom.